The quantitative estimate of drug-likeness (QED) is 0.666. The maximum Gasteiger partial charge on any atom is 0.126 e. The summed E-state index contributed by atoms with van der Waals surface area (Å²) in [6, 6.07) is 10.9. The van der Waals surface area contributed by atoms with Gasteiger partial charge >= 0.3 is 0 Å². The van der Waals surface area contributed by atoms with Crippen LogP contribution >= 0.6 is 0 Å². The lowest BCUT2D eigenvalue weighted by atomic mass is 9.49. The van der Waals surface area contributed by atoms with E-state index >= 15 is 0 Å². The van der Waals surface area contributed by atoms with Gasteiger partial charge in [-0.15, -0.1) is 0 Å². The van der Waals surface area contributed by atoms with E-state index in [1.54, 1.807) is 0 Å². The largest absolute Gasteiger partial charge is 0.385 e. The molecule has 3 N–H and O–H groups in total. The second-order valence-corrected chi connectivity index (χ2v) is 9.57. The molecule has 144 valence electrons. The van der Waals surface area contributed by atoms with Gasteiger partial charge in [-0.1, -0.05) is 30.3 Å². The Bertz CT molecular complexity index is 538. The van der Waals surface area contributed by atoms with Gasteiger partial charge in [0.05, 0.1) is 6.61 Å². The van der Waals surface area contributed by atoms with Gasteiger partial charge in [0.1, 0.15) is 18.7 Å². The summed E-state index contributed by atoms with van der Waals surface area (Å²) in [5.41, 5.74) is 1.90. The van der Waals surface area contributed by atoms with Gasteiger partial charge in [0.25, 0.3) is 0 Å². The number of benzene rings is 1. The lowest BCUT2D eigenvalue weighted by Crippen LogP contribution is -2.87. The van der Waals surface area contributed by atoms with E-state index < -0.39 is 0 Å². The Kier molecular flexibility index (Phi) is 5.68. The van der Waals surface area contributed by atoms with Crippen LogP contribution in [0.4, 0.5) is 0 Å². The zero-order chi connectivity index (χ0) is 18.0. The fourth-order valence-corrected chi connectivity index (χ4v) is 6.43. The van der Waals surface area contributed by atoms with E-state index in [9.17, 15) is 5.11 Å². The predicted molar refractivity (Wildman–Crippen MR) is 104 cm³/mol. The Balaban J connectivity index is 1.14. The summed E-state index contributed by atoms with van der Waals surface area (Å²) in [6.45, 7) is 4.20. The molecule has 4 aliphatic carbocycles. The number of nitrogens with two attached hydrogens (primary N) is 1. The first-order valence-electron chi connectivity index (χ1n) is 10.8. The fourth-order valence-electron chi connectivity index (χ4n) is 6.43. The number of hydrogen-bond donors (Lipinski definition) is 2. The van der Waals surface area contributed by atoms with Gasteiger partial charge < -0.3 is 15.2 Å². The van der Waals surface area contributed by atoms with Crippen molar-refractivity contribution in [3.8, 4) is 0 Å². The van der Waals surface area contributed by atoms with Crippen LogP contribution in [0.15, 0.2) is 30.3 Å². The molecule has 0 radical (unpaired) electrons. The SMILES string of the molecule is C[C@@H]([NH2+]C[C@H](O)COCCC12CC3CC(CC(C3)C1)C2)c1ccccc1. The molecule has 1 aromatic carbocycles. The van der Waals surface area contributed by atoms with Crippen LogP contribution in [-0.2, 0) is 4.74 Å². The highest BCUT2D eigenvalue weighted by molar-refractivity contribution is 5.16. The van der Waals surface area contributed by atoms with Crippen molar-refractivity contribution in [2.45, 2.75) is 64.0 Å². The van der Waals surface area contributed by atoms with Crippen LogP contribution in [0.3, 0.4) is 0 Å². The summed E-state index contributed by atoms with van der Waals surface area (Å²) in [7, 11) is 0. The second kappa shape index (κ2) is 8.00. The summed E-state index contributed by atoms with van der Waals surface area (Å²) in [6.07, 6.45) is 9.72. The Hall–Kier alpha value is -0.900. The first-order chi connectivity index (χ1) is 12.6. The van der Waals surface area contributed by atoms with E-state index in [1.807, 2.05) is 6.07 Å². The Labute approximate surface area is 158 Å². The molecular formula is C23H36NO2+. The maximum atomic E-state index is 10.2. The van der Waals surface area contributed by atoms with Crippen LogP contribution in [0, 0.1) is 23.2 Å². The van der Waals surface area contributed by atoms with Crippen molar-refractivity contribution in [2.75, 3.05) is 19.8 Å². The number of aliphatic hydroxyl groups excluding tert-OH is 1. The molecule has 2 atom stereocenters. The molecule has 4 aliphatic rings. The molecule has 4 fully saturated rings. The smallest absolute Gasteiger partial charge is 0.126 e. The average molecular weight is 359 g/mol. The van der Waals surface area contributed by atoms with Crippen molar-refractivity contribution in [2.24, 2.45) is 23.2 Å². The highest BCUT2D eigenvalue weighted by atomic mass is 16.5. The van der Waals surface area contributed by atoms with Crippen LogP contribution in [0.1, 0.15) is 63.5 Å². The highest BCUT2D eigenvalue weighted by Gasteiger charge is 2.50. The Morgan fingerprint density at radius 2 is 1.69 bits per heavy atom. The molecule has 0 spiro atoms. The molecule has 0 amide bonds. The molecule has 4 saturated carbocycles. The molecule has 1 aromatic rings. The van der Waals surface area contributed by atoms with E-state index in [1.165, 1.54) is 50.5 Å². The molecule has 0 unspecified atom stereocenters. The zero-order valence-electron chi connectivity index (χ0n) is 16.3. The van der Waals surface area contributed by atoms with Crippen LogP contribution < -0.4 is 5.32 Å². The highest BCUT2D eigenvalue weighted by Crippen LogP contribution is 2.61. The van der Waals surface area contributed by atoms with Gasteiger partial charge in [-0.3, -0.25) is 0 Å². The van der Waals surface area contributed by atoms with Gasteiger partial charge in [0.15, 0.2) is 0 Å². The maximum absolute atomic E-state index is 10.2. The van der Waals surface area contributed by atoms with Crippen molar-refractivity contribution in [1.82, 2.24) is 0 Å². The monoisotopic (exact) mass is 358 g/mol. The van der Waals surface area contributed by atoms with Crippen molar-refractivity contribution in [3.63, 3.8) is 0 Å². The Morgan fingerprint density at radius 1 is 1.08 bits per heavy atom. The third-order valence-electron chi connectivity index (χ3n) is 7.34. The Morgan fingerprint density at radius 3 is 2.31 bits per heavy atom. The number of ether oxygens (including phenoxy) is 1. The predicted octanol–water partition coefficient (Wildman–Crippen LogP) is 3.30. The van der Waals surface area contributed by atoms with E-state index in [2.05, 4.69) is 36.5 Å². The van der Waals surface area contributed by atoms with Gasteiger partial charge in [0.2, 0.25) is 0 Å². The van der Waals surface area contributed by atoms with Crippen molar-refractivity contribution < 1.29 is 15.2 Å². The molecule has 0 heterocycles. The number of rotatable bonds is 9. The van der Waals surface area contributed by atoms with E-state index in [4.69, 9.17) is 4.74 Å². The van der Waals surface area contributed by atoms with Crippen LogP contribution in [0.5, 0.6) is 0 Å². The minimum atomic E-state index is -0.377. The summed E-state index contributed by atoms with van der Waals surface area (Å²) >= 11 is 0. The second-order valence-electron chi connectivity index (χ2n) is 9.57. The summed E-state index contributed by atoms with van der Waals surface area (Å²) < 4.78 is 5.90. The van der Waals surface area contributed by atoms with Gasteiger partial charge in [-0.05, 0) is 75.0 Å². The lowest BCUT2D eigenvalue weighted by molar-refractivity contribution is -0.698. The third-order valence-corrected chi connectivity index (χ3v) is 7.34. The molecule has 0 aromatic heterocycles. The molecule has 0 saturated heterocycles. The van der Waals surface area contributed by atoms with E-state index in [0.29, 0.717) is 24.6 Å². The zero-order valence-corrected chi connectivity index (χ0v) is 16.3. The van der Waals surface area contributed by atoms with Crippen LogP contribution in [0.25, 0.3) is 0 Å². The minimum Gasteiger partial charge on any atom is -0.385 e. The molecule has 3 heteroatoms. The minimum absolute atomic E-state index is 0.373. The molecule has 3 nitrogen and oxygen atoms in total. The van der Waals surface area contributed by atoms with Crippen LogP contribution in [-0.4, -0.2) is 31.0 Å². The lowest BCUT2D eigenvalue weighted by Gasteiger charge is -2.57. The molecule has 0 aliphatic heterocycles. The van der Waals surface area contributed by atoms with E-state index in [0.717, 1.165) is 24.4 Å². The molecule has 5 rings (SSSR count). The summed E-state index contributed by atoms with van der Waals surface area (Å²) in [4.78, 5) is 0. The van der Waals surface area contributed by atoms with Crippen molar-refractivity contribution in [1.29, 1.82) is 0 Å². The first-order valence-corrected chi connectivity index (χ1v) is 10.8. The third kappa shape index (κ3) is 4.32. The van der Waals surface area contributed by atoms with Gasteiger partial charge in [0, 0.05) is 12.2 Å². The fraction of sp³-hybridized carbons (Fsp3) is 0.739. The topological polar surface area (TPSA) is 46.1 Å². The molecular weight excluding hydrogens is 322 g/mol. The number of quaternary nitrogens is 1. The van der Waals surface area contributed by atoms with E-state index in [-0.39, 0.29) is 6.10 Å². The van der Waals surface area contributed by atoms with Gasteiger partial charge in [-0.2, -0.15) is 0 Å². The van der Waals surface area contributed by atoms with Crippen molar-refractivity contribution in [3.05, 3.63) is 35.9 Å². The van der Waals surface area contributed by atoms with Crippen molar-refractivity contribution >= 4 is 0 Å². The number of hydrogen-bond acceptors (Lipinski definition) is 2. The first kappa shape index (κ1) is 18.5. The van der Waals surface area contributed by atoms with Gasteiger partial charge in [-0.25, -0.2) is 0 Å². The molecule has 4 bridgehead atoms. The summed E-state index contributed by atoms with van der Waals surface area (Å²) in [5.74, 6) is 3.04. The average Bonchev–Trinajstić information content (AvgIpc) is 2.63. The normalized spacial score (nSPS) is 34.8. The molecule has 26 heavy (non-hydrogen) atoms. The van der Waals surface area contributed by atoms with Crippen LogP contribution in [0.2, 0.25) is 0 Å². The standard InChI is InChI=1S/C23H35NO2/c1-17(21-5-3-2-4-6-21)24-15-22(25)16-26-8-7-23-12-18-9-19(13-23)11-20(10-18)14-23/h2-6,17-20,22,24-25H,7-16H2,1H3/p+1/t17-,18?,19?,20?,22+,23?/m1/s1. The summed E-state index contributed by atoms with van der Waals surface area (Å²) in [5, 5.41) is 12.5. The number of aliphatic hydroxyl groups is 1.